The van der Waals surface area contributed by atoms with Crippen LogP contribution in [0.25, 0.3) is 11.1 Å². The van der Waals surface area contributed by atoms with E-state index in [2.05, 4.69) is 12.1 Å². The summed E-state index contributed by atoms with van der Waals surface area (Å²) < 4.78 is 11.2. The van der Waals surface area contributed by atoms with Crippen LogP contribution in [-0.4, -0.2) is 48.4 Å². The molecule has 3 aromatic carbocycles. The lowest BCUT2D eigenvalue weighted by atomic mass is 9.98. The number of hydrogen-bond acceptors (Lipinski definition) is 4. The van der Waals surface area contributed by atoms with Crippen molar-refractivity contribution in [3.63, 3.8) is 0 Å². The number of para-hydroxylation sites is 1. The molecule has 0 saturated heterocycles. The van der Waals surface area contributed by atoms with Crippen molar-refractivity contribution in [1.29, 1.82) is 0 Å². The van der Waals surface area contributed by atoms with E-state index in [1.54, 1.807) is 24.3 Å². The third-order valence-electron chi connectivity index (χ3n) is 5.38. The van der Waals surface area contributed by atoms with Crippen molar-refractivity contribution in [2.75, 3.05) is 26.3 Å². The summed E-state index contributed by atoms with van der Waals surface area (Å²) in [5.74, 6) is -0.759. The molecule has 0 atom stereocenters. The Morgan fingerprint density at radius 2 is 1.50 bits per heavy atom. The van der Waals surface area contributed by atoms with Gasteiger partial charge < -0.3 is 14.6 Å². The van der Waals surface area contributed by atoms with Crippen molar-refractivity contribution in [1.82, 2.24) is 4.90 Å². The minimum Gasteiger partial charge on any atom is -0.490 e. The summed E-state index contributed by atoms with van der Waals surface area (Å²) in [7, 11) is 0. The highest BCUT2D eigenvalue weighted by molar-refractivity contribution is 6.32. The van der Waals surface area contributed by atoms with Crippen LogP contribution in [0.3, 0.4) is 0 Å². The van der Waals surface area contributed by atoms with Crippen LogP contribution in [0.15, 0.2) is 72.8 Å². The molecule has 1 N–H and O–H groups in total. The first-order chi connectivity index (χ1) is 15.5. The van der Waals surface area contributed by atoms with Gasteiger partial charge in [-0.25, -0.2) is 4.79 Å². The Balaban J connectivity index is 1.41. The molecule has 0 bridgehead atoms. The molecule has 0 heterocycles. The van der Waals surface area contributed by atoms with Gasteiger partial charge in [0.05, 0.1) is 11.6 Å². The number of rotatable bonds is 8. The topological polar surface area (TPSA) is 76.1 Å². The molecular formula is C25H22ClNO5. The number of carboxylic acid groups (broad SMARTS) is 1. The second-order valence-corrected chi connectivity index (χ2v) is 7.81. The van der Waals surface area contributed by atoms with E-state index in [0.717, 1.165) is 27.2 Å². The molecule has 6 nitrogen and oxygen atoms in total. The van der Waals surface area contributed by atoms with E-state index in [4.69, 9.17) is 21.1 Å². The van der Waals surface area contributed by atoms with Gasteiger partial charge in [-0.05, 0) is 34.4 Å². The number of fused-ring (bicyclic) bond motifs is 3. The van der Waals surface area contributed by atoms with Gasteiger partial charge in [0.2, 0.25) is 0 Å². The zero-order chi connectivity index (χ0) is 22.5. The highest BCUT2D eigenvalue weighted by atomic mass is 35.5. The molecule has 0 radical (unpaired) electrons. The number of hydrogen-bond donors (Lipinski definition) is 1. The average molecular weight is 452 g/mol. The molecule has 7 heteroatoms. The Morgan fingerprint density at radius 1 is 0.906 bits per heavy atom. The third kappa shape index (κ3) is 4.70. The Bertz CT molecular complexity index is 1090. The lowest BCUT2D eigenvalue weighted by molar-refractivity contribution is -0.138. The highest BCUT2D eigenvalue weighted by Crippen LogP contribution is 2.44. The van der Waals surface area contributed by atoms with Crippen LogP contribution < -0.4 is 4.74 Å². The molecule has 1 aliphatic rings. The van der Waals surface area contributed by atoms with E-state index in [1.165, 1.54) is 0 Å². The molecular weight excluding hydrogens is 430 g/mol. The lowest BCUT2D eigenvalue weighted by Gasteiger charge is -2.22. The van der Waals surface area contributed by atoms with Gasteiger partial charge >= 0.3 is 12.1 Å². The Labute approximate surface area is 191 Å². The van der Waals surface area contributed by atoms with Crippen molar-refractivity contribution in [3.05, 3.63) is 88.9 Å². The van der Waals surface area contributed by atoms with Gasteiger partial charge in [0.25, 0.3) is 0 Å². The second-order valence-electron chi connectivity index (χ2n) is 7.40. The van der Waals surface area contributed by atoms with Crippen LogP contribution in [0.4, 0.5) is 4.79 Å². The van der Waals surface area contributed by atoms with E-state index < -0.39 is 18.6 Å². The molecule has 0 spiro atoms. The minimum absolute atomic E-state index is 0.0498. The van der Waals surface area contributed by atoms with Gasteiger partial charge in [-0.1, -0.05) is 72.3 Å². The summed E-state index contributed by atoms with van der Waals surface area (Å²) in [6.45, 7) is -0.230. The number of amides is 1. The largest absolute Gasteiger partial charge is 0.490 e. The van der Waals surface area contributed by atoms with E-state index in [-0.39, 0.29) is 25.7 Å². The summed E-state index contributed by atoms with van der Waals surface area (Å²) in [4.78, 5) is 25.1. The molecule has 1 aliphatic carbocycles. The fourth-order valence-corrected chi connectivity index (χ4v) is 4.10. The van der Waals surface area contributed by atoms with Crippen molar-refractivity contribution in [2.45, 2.75) is 5.92 Å². The van der Waals surface area contributed by atoms with Crippen LogP contribution in [-0.2, 0) is 9.53 Å². The van der Waals surface area contributed by atoms with Gasteiger partial charge in [-0.2, -0.15) is 0 Å². The molecule has 0 aliphatic heterocycles. The summed E-state index contributed by atoms with van der Waals surface area (Å²) in [5, 5.41) is 9.66. The Morgan fingerprint density at radius 3 is 2.12 bits per heavy atom. The molecule has 1 amide bonds. The van der Waals surface area contributed by atoms with Crippen molar-refractivity contribution in [3.8, 4) is 16.9 Å². The highest BCUT2D eigenvalue weighted by Gasteiger charge is 2.30. The first-order valence-corrected chi connectivity index (χ1v) is 10.6. The molecule has 0 unspecified atom stereocenters. The number of carbonyl (C=O) groups is 2. The van der Waals surface area contributed by atoms with Gasteiger partial charge in [0.15, 0.2) is 0 Å². The lowest BCUT2D eigenvalue weighted by Crippen LogP contribution is -2.39. The summed E-state index contributed by atoms with van der Waals surface area (Å²) in [6.07, 6.45) is -0.697. The molecule has 32 heavy (non-hydrogen) atoms. The number of nitrogens with zero attached hydrogens (tertiary/aromatic N) is 1. The number of aliphatic carboxylic acids is 1. The van der Waals surface area contributed by atoms with Gasteiger partial charge in [0.1, 0.15) is 25.5 Å². The average Bonchev–Trinajstić information content (AvgIpc) is 3.11. The molecule has 0 aromatic heterocycles. The summed E-state index contributed by atoms with van der Waals surface area (Å²) in [5.41, 5.74) is 4.43. The van der Waals surface area contributed by atoms with E-state index in [0.29, 0.717) is 10.8 Å². The zero-order valence-corrected chi connectivity index (χ0v) is 18.0. The number of halogens is 1. The second kappa shape index (κ2) is 9.75. The molecule has 0 saturated carbocycles. The first-order valence-electron chi connectivity index (χ1n) is 10.2. The van der Waals surface area contributed by atoms with Crippen LogP contribution in [0.1, 0.15) is 17.0 Å². The fourth-order valence-electron chi connectivity index (χ4n) is 3.91. The summed E-state index contributed by atoms with van der Waals surface area (Å²) >= 11 is 6.07. The summed E-state index contributed by atoms with van der Waals surface area (Å²) in [6, 6.07) is 23.0. The smallest absolute Gasteiger partial charge is 0.410 e. The number of carbonyl (C=O) groups excluding carboxylic acids is 1. The predicted molar refractivity (Wildman–Crippen MR) is 121 cm³/mol. The van der Waals surface area contributed by atoms with Crippen LogP contribution in [0.2, 0.25) is 5.02 Å². The maximum Gasteiger partial charge on any atom is 0.410 e. The zero-order valence-electron chi connectivity index (χ0n) is 17.2. The molecule has 0 fully saturated rings. The monoisotopic (exact) mass is 451 g/mol. The van der Waals surface area contributed by atoms with Crippen LogP contribution in [0.5, 0.6) is 5.75 Å². The standard InChI is InChI=1S/C25H22ClNO5/c26-22-11-5-6-12-23(22)31-14-13-27(15-24(28)29)25(30)32-16-21-19-9-3-1-7-17(19)18-8-2-4-10-20(18)21/h1-12,21H,13-16H2,(H,28,29). The van der Waals surface area contributed by atoms with E-state index >= 15 is 0 Å². The van der Waals surface area contributed by atoms with Gasteiger partial charge in [-0.3, -0.25) is 9.69 Å². The number of carboxylic acids is 1. The fraction of sp³-hybridized carbons (Fsp3) is 0.200. The van der Waals surface area contributed by atoms with Crippen LogP contribution >= 0.6 is 11.6 Å². The third-order valence-corrected chi connectivity index (χ3v) is 5.69. The first kappa shape index (κ1) is 21.7. The Kier molecular flexibility index (Phi) is 6.61. The number of ether oxygens (including phenoxy) is 2. The van der Waals surface area contributed by atoms with Crippen molar-refractivity contribution >= 4 is 23.7 Å². The minimum atomic E-state index is -1.13. The Hall–Kier alpha value is -3.51. The van der Waals surface area contributed by atoms with E-state index in [9.17, 15) is 14.7 Å². The van der Waals surface area contributed by atoms with E-state index in [1.807, 2.05) is 36.4 Å². The maximum atomic E-state index is 12.7. The molecule has 4 rings (SSSR count). The molecule has 3 aromatic rings. The SMILES string of the molecule is O=C(O)CN(CCOc1ccccc1Cl)C(=O)OCC1c2ccccc2-c2ccccc21. The van der Waals surface area contributed by atoms with Gasteiger partial charge in [-0.15, -0.1) is 0 Å². The van der Waals surface area contributed by atoms with Crippen molar-refractivity contribution < 1.29 is 24.2 Å². The number of benzene rings is 3. The normalized spacial score (nSPS) is 12.0. The quantitative estimate of drug-likeness (QED) is 0.518. The van der Waals surface area contributed by atoms with Gasteiger partial charge in [0, 0.05) is 5.92 Å². The van der Waals surface area contributed by atoms with Crippen LogP contribution in [0, 0.1) is 0 Å². The molecule has 164 valence electrons. The predicted octanol–water partition coefficient (Wildman–Crippen LogP) is 5.05. The maximum absolute atomic E-state index is 12.7. The van der Waals surface area contributed by atoms with Crippen molar-refractivity contribution in [2.24, 2.45) is 0 Å².